The van der Waals surface area contributed by atoms with Crippen LogP contribution in [-0.2, 0) is 11.4 Å². The molecule has 3 N–H and O–H groups in total. The molecule has 1 saturated heterocycles. The Bertz CT molecular complexity index is 1240. The molecule has 2 aromatic carbocycles. The Morgan fingerprint density at radius 2 is 1.86 bits per heavy atom. The van der Waals surface area contributed by atoms with Crippen molar-refractivity contribution in [2.45, 2.75) is 52.3 Å². The first-order valence-electron chi connectivity index (χ1n) is 12.2. The van der Waals surface area contributed by atoms with Crippen LogP contribution in [0.5, 0.6) is 5.75 Å². The van der Waals surface area contributed by atoms with Crippen molar-refractivity contribution in [3.63, 3.8) is 0 Å². The zero-order valence-electron chi connectivity index (χ0n) is 21.2. The van der Waals surface area contributed by atoms with Gasteiger partial charge in [0, 0.05) is 34.3 Å². The van der Waals surface area contributed by atoms with Gasteiger partial charge in [-0.2, -0.15) is 0 Å². The summed E-state index contributed by atoms with van der Waals surface area (Å²) in [4.78, 5) is 32.1. The predicted molar refractivity (Wildman–Crippen MR) is 138 cm³/mol. The number of hydrogen-bond acceptors (Lipinski definition) is 6. The molecule has 3 aromatic rings. The third-order valence-electron chi connectivity index (χ3n) is 6.77. The van der Waals surface area contributed by atoms with Crippen molar-refractivity contribution in [3.05, 3.63) is 71.4 Å². The van der Waals surface area contributed by atoms with Gasteiger partial charge in [-0.05, 0) is 77.1 Å². The molecule has 0 spiro atoms. The average Bonchev–Trinajstić information content (AvgIpc) is 2.86. The summed E-state index contributed by atoms with van der Waals surface area (Å²) in [5, 5.41) is 13.2. The van der Waals surface area contributed by atoms with Crippen LogP contribution in [-0.4, -0.2) is 51.6 Å². The van der Waals surface area contributed by atoms with Gasteiger partial charge in [0.05, 0.1) is 17.5 Å². The van der Waals surface area contributed by atoms with Crippen LogP contribution in [0.25, 0.3) is 10.9 Å². The average molecular weight is 491 g/mol. The number of fused-ring (bicyclic) bond motifs is 1. The molecule has 8 nitrogen and oxygen atoms in total. The van der Waals surface area contributed by atoms with E-state index in [1.165, 1.54) is 0 Å². The maximum absolute atomic E-state index is 13.0. The van der Waals surface area contributed by atoms with Crippen molar-refractivity contribution < 1.29 is 19.5 Å². The second kappa shape index (κ2) is 10.6. The number of para-hydroxylation sites is 1. The highest BCUT2D eigenvalue weighted by Gasteiger charge is 2.38. The molecule has 2 heterocycles. The standard InChI is InChI=1S/C28H34N4O4/c1-18-15-20(22-7-5-6-8-24(22)29-18)17-36-21-11-9-19(10-12-21)26(33)30-25-16-32(28(2,3)4)14-13-23(25)27(34)31-35/h5-12,15,23,25,35H,13-14,16-17H2,1-4H3,(H,30,33)(H,31,34)/t23?,25-/m1/s1. The van der Waals surface area contributed by atoms with Gasteiger partial charge in [0.2, 0.25) is 5.91 Å². The van der Waals surface area contributed by atoms with Gasteiger partial charge in [-0.25, -0.2) is 5.48 Å². The normalized spacial score (nSPS) is 18.6. The smallest absolute Gasteiger partial charge is 0.251 e. The number of rotatable bonds is 6. The molecule has 2 atom stereocenters. The van der Waals surface area contributed by atoms with Gasteiger partial charge in [0.1, 0.15) is 12.4 Å². The summed E-state index contributed by atoms with van der Waals surface area (Å²) in [6, 6.07) is 16.5. The number of carbonyl (C=O) groups excluding carboxylic acids is 2. The lowest BCUT2D eigenvalue weighted by molar-refractivity contribution is -0.136. The van der Waals surface area contributed by atoms with E-state index in [-0.39, 0.29) is 11.4 Å². The number of hydrogen-bond donors (Lipinski definition) is 3. The minimum atomic E-state index is -0.501. The first-order chi connectivity index (χ1) is 17.2. The molecule has 2 amide bonds. The van der Waals surface area contributed by atoms with E-state index >= 15 is 0 Å². The number of nitrogens with zero attached hydrogens (tertiary/aromatic N) is 2. The SMILES string of the molecule is Cc1cc(COc2ccc(C(=O)N[C@@H]3CN(C(C)(C)C)CCC3C(=O)NO)cc2)c2ccccc2n1. The van der Waals surface area contributed by atoms with E-state index in [1.54, 1.807) is 29.7 Å². The number of amides is 2. The van der Waals surface area contributed by atoms with E-state index in [9.17, 15) is 14.8 Å². The van der Waals surface area contributed by atoms with E-state index in [2.05, 4.69) is 36.0 Å². The van der Waals surface area contributed by atoms with E-state index in [4.69, 9.17) is 4.74 Å². The van der Waals surface area contributed by atoms with Crippen molar-refractivity contribution in [2.75, 3.05) is 13.1 Å². The molecular formula is C28H34N4O4. The number of likely N-dealkylation sites (tertiary alicyclic amines) is 1. The van der Waals surface area contributed by atoms with Crippen LogP contribution in [0.2, 0.25) is 0 Å². The van der Waals surface area contributed by atoms with Gasteiger partial charge in [0.25, 0.3) is 5.91 Å². The highest BCUT2D eigenvalue weighted by molar-refractivity contribution is 5.95. The van der Waals surface area contributed by atoms with Gasteiger partial charge in [-0.15, -0.1) is 0 Å². The monoisotopic (exact) mass is 490 g/mol. The van der Waals surface area contributed by atoms with Gasteiger partial charge in [-0.1, -0.05) is 18.2 Å². The van der Waals surface area contributed by atoms with E-state index in [1.807, 2.05) is 37.3 Å². The van der Waals surface area contributed by atoms with Crippen molar-refractivity contribution in [2.24, 2.45) is 5.92 Å². The van der Waals surface area contributed by atoms with Crippen LogP contribution in [0.15, 0.2) is 54.6 Å². The fraction of sp³-hybridized carbons (Fsp3) is 0.393. The molecule has 1 aliphatic rings. The first kappa shape index (κ1) is 25.6. The molecule has 1 aromatic heterocycles. The third kappa shape index (κ3) is 5.83. The first-order valence-corrected chi connectivity index (χ1v) is 12.2. The fourth-order valence-corrected chi connectivity index (χ4v) is 4.73. The Morgan fingerprint density at radius 1 is 1.14 bits per heavy atom. The zero-order valence-corrected chi connectivity index (χ0v) is 21.2. The number of aromatic nitrogens is 1. The number of ether oxygens (including phenoxy) is 1. The molecule has 36 heavy (non-hydrogen) atoms. The summed E-state index contributed by atoms with van der Waals surface area (Å²) in [7, 11) is 0. The van der Waals surface area contributed by atoms with Crippen molar-refractivity contribution in [1.29, 1.82) is 0 Å². The Balaban J connectivity index is 1.43. The highest BCUT2D eigenvalue weighted by atomic mass is 16.5. The molecule has 1 fully saturated rings. The zero-order chi connectivity index (χ0) is 25.9. The van der Waals surface area contributed by atoms with Crippen LogP contribution in [0.3, 0.4) is 0 Å². The summed E-state index contributed by atoms with van der Waals surface area (Å²) in [6.45, 7) is 9.90. The maximum atomic E-state index is 13.0. The highest BCUT2D eigenvalue weighted by Crippen LogP contribution is 2.25. The number of benzene rings is 2. The number of piperidine rings is 1. The number of aryl methyl sites for hydroxylation is 1. The van der Waals surface area contributed by atoms with E-state index < -0.39 is 17.9 Å². The van der Waals surface area contributed by atoms with E-state index in [0.717, 1.165) is 22.2 Å². The van der Waals surface area contributed by atoms with Gasteiger partial charge in [-0.3, -0.25) is 24.7 Å². The van der Waals surface area contributed by atoms with E-state index in [0.29, 0.717) is 37.4 Å². The summed E-state index contributed by atoms with van der Waals surface area (Å²) < 4.78 is 6.01. The maximum Gasteiger partial charge on any atom is 0.251 e. The van der Waals surface area contributed by atoms with Crippen LogP contribution in [0.1, 0.15) is 48.8 Å². The fourth-order valence-electron chi connectivity index (χ4n) is 4.73. The number of nitrogens with one attached hydrogen (secondary N) is 2. The number of carbonyl (C=O) groups is 2. The lowest BCUT2D eigenvalue weighted by atomic mass is 9.88. The molecule has 190 valence electrons. The van der Waals surface area contributed by atoms with Crippen LogP contribution < -0.4 is 15.5 Å². The lowest BCUT2D eigenvalue weighted by Crippen LogP contribution is -2.59. The Kier molecular flexibility index (Phi) is 7.56. The number of pyridine rings is 1. The van der Waals surface area contributed by atoms with Gasteiger partial charge >= 0.3 is 0 Å². The molecule has 1 aliphatic heterocycles. The molecule has 0 radical (unpaired) electrons. The minimum absolute atomic E-state index is 0.0959. The molecule has 8 heteroatoms. The summed E-state index contributed by atoms with van der Waals surface area (Å²) in [5.41, 5.74) is 5.05. The molecular weight excluding hydrogens is 456 g/mol. The molecule has 1 unspecified atom stereocenters. The van der Waals surface area contributed by atoms with Gasteiger partial charge in [0.15, 0.2) is 0 Å². The van der Waals surface area contributed by atoms with Gasteiger partial charge < -0.3 is 10.1 Å². The van der Waals surface area contributed by atoms with Crippen molar-refractivity contribution in [3.8, 4) is 5.75 Å². The second-order valence-corrected chi connectivity index (χ2v) is 10.3. The summed E-state index contributed by atoms with van der Waals surface area (Å²) in [5.74, 6) is -0.594. The summed E-state index contributed by atoms with van der Waals surface area (Å²) in [6.07, 6.45) is 0.546. The third-order valence-corrected chi connectivity index (χ3v) is 6.77. The van der Waals surface area contributed by atoms with Crippen molar-refractivity contribution >= 4 is 22.7 Å². The second-order valence-electron chi connectivity index (χ2n) is 10.3. The summed E-state index contributed by atoms with van der Waals surface area (Å²) >= 11 is 0. The molecule has 0 bridgehead atoms. The van der Waals surface area contributed by atoms with Crippen molar-refractivity contribution in [1.82, 2.24) is 20.7 Å². The number of hydroxylamine groups is 1. The Hall–Kier alpha value is -3.49. The predicted octanol–water partition coefficient (Wildman–Crippen LogP) is 3.85. The largest absolute Gasteiger partial charge is 0.489 e. The molecule has 0 aliphatic carbocycles. The van der Waals surface area contributed by atoms with Crippen LogP contribution in [0, 0.1) is 12.8 Å². The molecule has 0 saturated carbocycles. The topological polar surface area (TPSA) is 104 Å². The Morgan fingerprint density at radius 3 is 2.56 bits per heavy atom. The quantitative estimate of drug-likeness (QED) is 0.358. The Labute approximate surface area is 211 Å². The molecule has 4 rings (SSSR count). The lowest BCUT2D eigenvalue weighted by Gasteiger charge is -2.44. The van der Waals surface area contributed by atoms with Crippen LogP contribution in [0.4, 0.5) is 0 Å². The van der Waals surface area contributed by atoms with Crippen LogP contribution >= 0.6 is 0 Å². The minimum Gasteiger partial charge on any atom is -0.489 e.